The first-order valence-electron chi connectivity index (χ1n) is 4.25. The number of phenols is 1. The van der Waals surface area contributed by atoms with Crippen molar-refractivity contribution in [3.63, 3.8) is 0 Å². The van der Waals surface area contributed by atoms with E-state index >= 15 is 0 Å². The normalized spacial score (nSPS) is 13.7. The van der Waals surface area contributed by atoms with Crippen molar-refractivity contribution in [2.24, 2.45) is 0 Å². The van der Waals surface area contributed by atoms with E-state index < -0.39 is 20.9 Å². The van der Waals surface area contributed by atoms with Gasteiger partial charge in [-0.1, -0.05) is 12.1 Å². The van der Waals surface area contributed by atoms with Crippen LogP contribution < -0.4 is 0 Å². The summed E-state index contributed by atoms with van der Waals surface area (Å²) in [6, 6.07) is 6.26. The Morgan fingerprint density at radius 1 is 1.40 bits per heavy atom. The van der Waals surface area contributed by atoms with E-state index in [2.05, 4.69) is 0 Å². The van der Waals surface area contributed by atoms with Crippen LogP contribution in [-0.4, -0.2) is 30.5 Å². The van der Waals surface area contributed by atoms with Crippen LogP contribution in [-0.2, 0) is 15.5 Å². The topological polar surface area (TPSA) is 74.6 Å². The van der Waals surface area contributed by atoms with E-state index in [1.807, 2.05) is 0 Å². The highest BCUT2D eigenvalue weighted by molar-refractivity contribution is 8.13. The predicted molar refractivity (Wildman–Crippen MR) is 57.5 cm³/mol. The zero-order valence-corrected chi connectivity index (χ0v) is 9.37. The van der Waals surface area contributed by atoms with Crippen LogP contribution in [0.15, 0.2) is 24.3 Å². The number of rotatable bonds is 4. The van der Waals surface area contributed by atoms with Crippen LogP contribution in [0.1, 0.15) is 5.56 Å². The van der Waals surface area contributed by atoms with Crippen molar-refractivity contribution in [2.45, 2.75) is 12.5 Å². The second-order valence-corrected chi connectivity index (χ2v) is 6.05. The molecule has 0 aliphatic carbocycles. The third kappa shape index (κ3) is 5.01. The molecule has 0 aliphatic heterocycles. The minimum Gasteiger partial charge on any atom is -0.508 e. The van der Waals surface area contributed by atoms with Gasteiger partial charge in [-0.15, -0.1) is 0 Å². The fourth-order valence-electron chi connectivity index (χ4n) is 1.24. The third-order valence-electron chi connectivity index (χ3n) is 1.77. The smallest absolute Gasteiger partial charge is 0.235 e. The van der Waals surface area contributed by atoms with E-state index in [1.54, 1.807) is 12.1 Å². The van der Waals surface area contributed by atoms with Crippen LogP contribution in [0.5, 0.6) is 5.75 Å². The third-order valence-corrected chi connectivity index (χ3v) is 2.93. The molecular weight excluding hydrogens is 240 g/mol. The molecule has 0 saturated carbocycles. The van der Waals surface area contributed by atoms with Crippen molar-refractivity contribution >= 4 is 19.7 Å². The quantitative estimate of drug-likeness (QED) is 0.778. The molecule has 15 heavy (non-hydrogen) atoms. The minimum atomic E-state index is -3.69. The lowest BCUT2D eigenvalue weighted by Gasteiger charge is -2.08. The summed E-state index contributed by atoms with van der Waals surface area (Å²) in [5.41, 5.74) is 0.655. The predicted octanol–water partition coefficient (Wildman–Crippen LogP) is 0.864. The Morgan fingerprint density at radius 3 is 2.60 bits per heavy atom. The van der Waals surface area contributed by atoms with Gasteiger partial charge in [0.15, 0.2) is 0 Å². The highest BCUT2D eigenvalue weighted by Crippen LogP contribution is 2.13. The number of hydrogen-bond acceptors (Lipinski definition) is 4. The molecule has 0 fully saturated rings. The van der Waals surface area contributed by atoms with Gasteiger partial charge in [-0.3, -0.25) is 0 Å². The Balaban J connectivity index is 2.63. The van der Waals surface area contributed by atoms with Gasteiger partial charge in [0.1, 0.15) is 5.75 Å². The van der Waals surface area contributed by atoms with Crippen LogP contribution in [0.25, 0.3) is 0 Å². The molecule has 0 aromatic heterocycles. The molecule has 1 atom stereocenters. The molecule has 84 valence electrons. The SMILES string of the molecule is O=S(=O)(Cl)CC(O)Cc1cccc(O)c1. The molecule has 0 amide bonds. The molecule has 0 spiro atoms. The average Bonchev–Trinajstić information content (AvgIpc) is 1.99. The van der Waals surface area contributed by atoms with Crippen LogP contribution in [0.4, 0.5) is 0 Å². The standard InChI is InChI=1S/C9H11ClO4S/c10-15(13,14)6-9(12)5-7-2-1-3-8(11)4-7/h1-4,9,11-12H,5-6H2. The molecule has 2 N–H and O–H groups in total. The summed E-state index contributed by atoms with van der Waals surface area (Å²) < 4.78 is 21.3. The zero-order chi connectivity index (χ0) is 11.5. The Hall–Kier alpha value is -0.780. The fourth-order valence-corrected chi connectivity index (χ4v) is 2.26. The molecule has 1 aromatic carbocycles. The van der Waals surface area contributed by atoms with E-state index in [0.29, 0.717) is 5.56 Å². The van der Waals surface area contributed by atoms with E-state index in [-0.39, 0.29) is 12.2 Å². The second kappa shape index (κ2) is 4.83. The van der Waals surface area contributed by atoms with E-state index in [1.165, 1.54) is 12.1 Å². The lowest BCUT2D eigenvalue weighted by molar-refractivity contribution is 0.198. The lowest BCUT2D eigenvalue weighted by atomic mass is 10.1. The fraction of sp³-hybridized carbons (Fsp3) is 0.333. The largest absolute Gasteiger partial charge is 0.508 e. The van der Waals surface area contributed by atoms with Crippen molar-refractivity contribution < 1.29 is 18.6 Å². The molecule has 6 heteroatoms. The summed E-state index contributed by atoms with van der Waals surface area (Å²) in [6.07, 6.45) is -0.922. The Kier molecular flexibility index (Phi) is 3.96. The molecule has 0 heterocycles. The molecule has 0 saturated heterocycles. The minimum absolute atomic E-state index is 0.0773. The Morgan fingerprint density at radius 2 is 2.07 bits per heavy atom. The highest BCUT2D eigenvalue weighted by atomic mass is 35.7. The number of hydrogen-bond donors (Lipinski definition) is 2. The van der Waals surface area contributed by atoms with Crippen LogP contribution >= 0.6 is 10.7 Å². The zero-order valence-electron chi connectivity index (χ0n) is 7.80. The first-order chi connectivity index (χ1) is 6.87. The van der Waals surface area contributed by atoms with Gasteiger partial charge in [-0.05, 0) is 24.1 Å². The summed E-state index contributed by atoms with van der Waals surface area (Å²) in [4.78, 5) is 0. The summed E-state index contributed by atoms with van der Waals surface area (Å²) >= 11 is 0. The van der Waals surface area contributed by atoms with Gasteiger partial charge in [-0.25, -0.2) is 8.42 Å². The molecular formula is C9H11ClO4S. The van der Waals surface area contributed by atoms with Gasteiger partial charge in [0.2, 0.25) is 9.05 Å². The van der Waals surface area contributed by atoms with Gasteiger partial charge >= 0.3 is 0 Å². The Labute approximate surface area is 92.5 Å². The number of aromatic hydroxyl groups is 1. The maximum Gasteiger partial charge on any atom is 0.235 e. The van der Waals surface area contributed by atoms with E-state index in [4.69, 9.17) is 15.8 Å². The van der Waals surface area contributed by atoms with Crippen LogP contribution in [0, 0.1) is 0 Å². The van der Waals surface area contributed by atoms with Gasteiger partial charge in [0.25, 0.3) is 0 Å². The van der Waals surface area contributed by atoms with Crippen molar-refractivity contribution in [3.8, 4) is 5.75 Å². The number of aliphatic hydroxyl groups excluding tert-OH is 1. The van der Waals surface area contributed by atoms with E-state index in [9.17, 15) is 13.5 Å². The van der Waals surface area contributed by atoms with Crippen molar-refractivity contribution in [3.05, 3.63) is 29.8 Å². The van der Waals surface area contributed by atoms with Crippen LogP contribution in [0.3, 0.4) is 0 Å². The molecule has 0 radical (unpaired) electrons. The maximum atomic E-state index is 10.7. The van der Waals surface area contributed by atoms with Crippen LogP contribution in [0.2, 0.25) is 0 Å². The van der Waals surface area contributed by atoms with Crippen molar-refractivity contribution in [1.29, 1.82) is 0 Å². The molecule has 0 bridgehead atoms. The summed E-state index contributed by atoms with van der Waals surface area (Å²) in [6.45, 7) is 0. The highest BCUT2D eigenvalue weighted by Gasteiger charge is 2.14. The lowest BCUT2D eigenvalue weighted by Crippen LogP contribution is -2.19. The second-order valence-electron chi connectivity index (χ2n) is 3.23. The van der Waals surface area contributed by atoms with Gasteiger partial charge in [0.05, 0.1) is 11.9 Å². The monoisotopic (exact) mass is 250 g/mol. The van der Waals surface area contributed by atoms with Gasteiger partial charge in [-0.2, -0.15) is 0 Å². The van der Waals surface area contributed by atoms with Gasteiger partial charge < -0.3 is 10.2 Å². The average molecular weight is 251 g/mol. The number of aliphatic hydroxyl groups is 1. The number of benzene rings is 1. The Bertz CT molecular complexity index is 429. The molecule has 1 unspecified atom stereocenters. The van der Waals surface area contributed by atoms with Gasteiger partial charge in [0, 0.05) is 10.7 Å². The van der Waals surface area contributed by atoms with Crippen molar-refractivity contribution in [2.75, 3.05) is 5.75 Å². The molecule has 1 aromatic rings. The van der Waals surface area contributed by atoms with Crippen molar-refractivity contribution in [1.82, 2.24) is 0 Å². The molecule has 4 nitrogen and oxygen atoms in total. The maximum absolute atomic E-state index is 10.7. The number of phenolic OH excluding ortho intramolecular Hbond substituents is 1. The summed E-state index contributed by atoms with van der Waals surface area (Å²) in [5, 5.41) is 18.5. The molecule has 1 rings (SSSR count). The summed E-state index contributed by atoms with van der Waals surface area (Å²) in [5.74, 6) is -0.419. The summed E-state index contributed by atoms with van der Waals surface area (Å²) in [7, 11) is 1.29. The number of halogens is 1. The molecule has 0 aliphatic rings. The van der Waals surface area contributed by atoms with E-state index in [0.717, 1.165) is 0 Å². The first kappa shape index (κ1) is 12.3. The first-order valence-corrected chi connectivity index (χ1v) is 6.73.